The molecule has 1 atom stereocenters. The van der Waals surface area contributed by atoms with Gasteiger partial charge in [0.15, 0.2) is 0 Å². The van der Waals surface area contributed by atoms with Gasteiger partial charge in [-0.05, 0) is 18.9 Å². The summed E-state index contributed by atoms with van der Waals surface area (Å²) in [6.45, 7) is 5.98. The largest absolute Gasteiger partial charge is 0.330 e. The van der Waals surface area contributed by atoms with E-state index in [4.69, 9.17) is 0 Å². The van der Waals surface area contributed by atoms with Crippen LogP contribution in [0.3, 0.4) is 0 Å². The fourth-order valence-electron chi connectivity index (χ4n) is 1.94. The smallest absolute Gasteiger partial charge is 0.224 e. The fourth-order valence-corrected chi connectivity index (χ4v) is 1.94. The first-order valence-corrected chi connectivity index (χ1v) is 5.22. The van der Waals surface area contributed by atoms with Crippen molar-refractivity contribution in [2.24, 2.45) is 0 Å². The van der Waals surface area contributed by atoms with E-state index in [-0.39, 0.29) is 11.8 Å². The van der Waals surface area contributed by atoms with Crippen molar-refractivity contribution in [3.05, 3.63) is 47.7 Å². The molecule has 1 aliphatic rings. The van der Waals surface area contributed by atoms with Gasteiger partial charge < -0.3 is 5.32 Å². The molecule has 1 amide bonds. The van der Waals surface area contributed by atoms with Gasteiger partial charge >= 0.3 is 0 Å². The van der Waals surface area contributed by atoms with E-state index in [0.29, 0.717) is 6.42 Å². The zero-order chi connectivity index (χ0) is 10.8. The van der Waals surface area contributed by atoms with Crippen molar-refractivity contribution in [3.8, 4) is 0 Å². The van der Waals surface area contributed by atoms with Crippen molar-refractivity contribution in [2.45, 2.75) is 25.7 Å². The molecule has 15 heavy (non-hydrogen) atoms. The number of aryl methyl sites for hydroxylation is 1. The first-order chi connectivity index (χ1) is 7.16. The number of nitrogens with one attached hydrogen (secondary N) is 1. The third-order valence-corrected chi connectivity index (χ3v) is 2.86. The SMILES string of the molecule is C=C1NC(=O)CCC1c1ccc(C)cc1. The van der Waals surface area contributed by atoms with Crippen LogP contribution in [0.4, 0.5) is 0 Å². The van der Waals surface area contributed by atoms with Gasteiger partial charge in [0, 0.05) is 18.0 Å². The molecule has 0 radical (unpaired) electrons. The van der Waals surface area contributed by atoms with E-state index in [2.05, 4.69) is 43.1 Å². The highest BCUT2D eigenvalue weighted by Gasteiger charge is 2.22. The predicted octanol–water partition coefficient (Wildman–Crippen LogP) is 2.50. The number of amides is 1. The van der Waals surface area contributed by atoms with E-state index < -0.39 is 0 Å². The number of carbonyl (C=O) groups excluding carboxylic acids is 1. The van der Waals surface area contributed by atoms with Gasteiger partial charge in [0.25, 0.3) is 0 Å². The Kier molecular flexibility index (Phi) is 2.58. The first-order valence-electron chi connectivity index (χ1n) is 5.22. The lowest BCUT2D eigenvalue weighted by Crippen LogP contribution is -2.31. The Hall–Kier alpha value is -1.57. The quantitative estimate of drug-likeness (QED) is 0.743. The van der Waals surface area contributed by atoms with Crippen LogP contribution in [-0.2, 0) is 4.79 Å². The second-order valence-electron chi connectivity index (χ2n) is 4.08. The molecular weight excluding hydrogens is 186 g/mol. The summed E-state index contributed by atoms with van der Waals surface area (Å²) < 4.78 is 0. The zero-order valence-corrected chi connectivity index (χ0v) is 8.92. The summed E-state index contributed by atoms with van der Waals surface area (Å²) in [4.78, 5) is 11.1. The van der Waals surface area contributed by atoms with Crippen LogP contribution in [0.5, 0.6) is 0 Å². The summed E-state index contributed by atoms with van der Waals surface area (Å²) in [5.41, 5.74) is 3.32. The molecule has 2 rings (SSSR count). The van der Waals surface area contributed by atoms with Crippen LogP contribution in [0.1, 0.15) is 29.9 Å². The van der Waals surface area contributed by atoms with Crippen LogP contribution in [0.25, 0.3) is 0 Å². The Morgan fingerprint density at radius 1 is 1.33 bits per heavy atom. The standard InChI is InChI=1S/C13H15NO/c1-9-3-5-11(6-4-9)12-7-8-13(15)14-10(12)2/h3-6,12H,2,7-8H2,1H3,(H,14,15). The monoisotopic (exact) mass is 201 g/mol. The summed E-state index contributed by atoms with van der Waals surface area (Å²) in [6, 6.07) is 8.42. The van der Waals surface area contributed by atoms with Crippen molar-refractivity contribution >= 4 is 5.91 Å². The average Bonchev–Trinajstić information content (AvgIpc) is 2.20. The van der Waals surface area contributed by atoms with E-state index in [1.165, 1.54) is 11.1 Å². The Bertz CT molecular complexity index is 392. The molecule has 1 fully saturated rings. The van der Waals surface area contributed by atoms with Gasteiger partial charge in [-0.1, -0.05) is 36.4 Å². The molecule has 1 N–H and O–H groups in total. The van der Waals surface area contributed by atoms with Crippen LogP contribution in [0.2, 0.25) is 0 Å². The maximum Gasteiger partial charge on any atom is 0.224 e. The lowest BCUT2D eigenvalue weighted by atomic mass is 9.88. The number of hydrogen-bond acceptors (Lipinski definition) is 1. The fraction of sp³-hybridized carbons (Fsp3) is 0.308. The molecule has 1 aromatic rings. The highest BCUT2D eigenvalue weighted by atomic mass is 16.1. The molecule has 1 heterocycles. The lowest BCUT2D eigenvalue weighted by Gasteiger charge is -2.25. The molecule has 1 aliphatic heterocycles. The van der Waals surface area contributed by atoms with Gasteiger partial charge in [-0.25, -0.2) is 0 Å². The van der Waals surface area contributed by atoms with E-state index >= 15 is 0 Å². The topological polar surface area (TPSA) is 29.1 Å². The summed E-state index contributed by atoms with van der Waals surface area (Å²) in [5.74, 6) is 0.367. The highest BCUT2D eigenvalue weighted by molar-refractivity contribution is 5.79. The Labute approximate surface area is 90.0 Å². The highest BCUT2D eigenvalue weighted by Crippen LogP contribution is 2.29. The third-order valence-electron chi connectivity index (χ3n) is 2.86. The van der Waals surface area contributed by atoms with Crippen molar-refractivity contribution < 1.29 is 4.79 Å². The van der Waals surface area contributed by atoms with Gasteiger partial charge in [-0.3, -0.25) is 4.79 Å². The van der Waals surface area contributed by atoms with Crippen molar-refractivity contribution in [1.82, 2.24) is 5.32 Å². The minimum Gasteiger partial charge on any atom is -0.330 e. The van der Waals surface area contributed by atoms with E-state index in [9.17, 15) is 4.79 Å². The van der Waals surface area contributed by atoms with Crippen molar-refractivity contribution in [1.29, 1.82) is 0 Å². The number of piperidine rings is 1. The first kappa shape index (κ1) is 9.97. The number of rotatable bonds is 1. The number of carbonyl (C=O) groups is 1. The minimum atomic E-state index is 0.0864. The number of benzene rings is 1. The van der Waals surface area contributed by atoms with Crippen molar-refractivity contribution in [2.75, 3.05) is 0 Å². The number of allylic oxidation sites excluding steroid dienone is 1. The van der Waals surface area contributed by atoms with Crippen molar-refractivity contribution in [3.63, 3.8) is 0 Å². The van der Waals surface area contributed by atoms with Gasteiger partial charge in [-0.2, -0.15) is 0 Å². The third kappa shape index (κ3) is 2.09. The lowest BCUT2D eigenvalue weighted by molar-refractivity contribution is -0.121. The van der Waals surface area contributed by atoms with Gasteiger partial charge in [0.1, 0.15) is 0 Å². The number of hydrogen-bond donors (Lipinski definition) is 1. The second-order valence-corrected chi connectivity index (χ2v) is 4.08. The van der Waals surface area contributed by atoms with Crippen LogP contribution < -0.4 is 5.32 Å². The van der Waals surface area contributed by atoms with Gasteiger partial charge in [0.05, 0.1) is 0 Å². The molecule has 0 spiro atoms. The molecule has 0 aromatic heterocycles. The summed E-state index contributed by atoms with van der Waals surface area (Å²) in [5, 5.41) is 2.81. The van der Waals surface area contributed by atoms with E-state index in [1.54, 1.807) is 0 Å². The molecule has 1 saturated heterocycles. The normalized spacial score (nSPS) is 21.3. The van der Waals surface area contributed by atoms with Crippen LogP contribution in [0.15, 0.2) is 36.5 Å². The second kappa shape index (κ2) is 3.89. The molecule has 2 nitrogen and oxygen atoms in total. The van der Waals surface area contributed by atoms with Crippen LogP contribution in [-0.4, -0.2) is 5.91 Å². The molecule has 0 bridgehead atoms. The molecule has 1 unspecified atom stereocenters. The maximum absolute atomic E-state index is 11.1. The molecule has 1 aromatic carbocycles. The van der Waals surface area contributed by atoms with E-state index in [1.807, 2.05) is 0 Å². The predicted molar refractivity (Wildman–Crippen MR) is 60.4 cm³/mol. The summed E-state index contributed by atoms with van der Waals surface area (Å²) in [6.07, 6.45) is 1.46. The maximum atomic E-state index is 11.1. The summed E-state index contributed by atoms with van der Waals surface area (Å²) >= 11 is 0. The molecule has 0 saturated carbocycles. The Balaban J connectivity index is 2.20. The van der Waals surface area contributed by atoms with Gasteiger partial charge in [0.2, 0.25) is 5.91 Å². The van der Waals surface area contributed by atoms with Gasteiger partial charge in [-0.15, -0.1) is 0 Å². The Morgan fingerprint density at radius 2 is 2.00 bits per heavy atom. The molecular formula is C13H15NO. The van der Waals surface area contributed by atoms with E-state index in [0.717, 1.165) is 12.1 Å². The van der Waals surface area contributed by atoms with Crippen LogP contribution >= 0.6 is 0 Å². The summed E-state index contributed by atoms with van der Waals surface area (Å²) in [7, 11) is 0. The zero-order valence-electron chi connectivity index (χ0n) is 8.92. The molecule has 78 valence electrons. The molecule has 0 aliphatic carbocycles. The van der Waals surface area contributed by atoms with Crippen LogP contribution in [0, 0.1) is 6.92 Å². The average molecular weight is 201 g/mol. The Morgan fingerprint density at radius 3 is 2.60 bits per heavy atom. The molecule has 2 heteroatoms. The minimum absolute atomic E-state index is 0.0864.